The molecule has 0 saturated carbocycles. The fourth-order valence-corrected chi connectivity index (χ4v) is 2.17. The topological polar surface area (TPSA) is 102 Å². The third-order valence-corrected chi connectivity index (χ3v) is 3.16. The highest BCUT2D eigenvalue weighted by Crippen LogP contribution is 2.22. The number of nitrogens with two attached hydrogens (primary N) is 1. The van der Waals surface area contributed by atoms with Gasteiger partial charge in [-0.15, -0.1) is 0 Å². The van der Waals surface area contributed by atoms with E-state index < -0.39 is 5.95 Å². The van der Waals surface area contributed by atoms with Gasteiger partial charge in [-0.1, -0.05) is 6.07 Å². The molecule has 3 heterocycles. The molecule has 3 aromatic rings. The fraction of sp³-hybridized carbons (Fsp3) is 0.176. The molecule has 0 bridgehead atoms. The molecule has 3 rings (SSSR count). The summed E-state index contributed by atoms with van der Waals surface area (Å²) in [4.78, 5) is 16.8. The molecule has 4 N–H and O–H groups in total. The van der Waals surface area contributed by atoms with Crippen molar-refractivity contribution in [1.82, 2.24) is 19.9 Å². The van der Waals surface area contributed by atoms with Crippen LogP contribution in [0.1, 0.15) is 13.8 Å². The van der Waals surface area contributed by atoms with Crippen LogP contribution in [0.15, 0.2) is 42.6 Å². The van der Waals surface area contributed by atoms with Gasteiger partial charge in [0.1, 0.15) is 23.1 Å². The van der Waals surface area contributed by atoms with Gasteiger partial charge in [0.15, 0.2) is 5.82 Å². The summed E-state index contributed by atoms with van der Waals surface area (Å²) in [6.45, 7) is 4.02. The molecule has 0 spiro atoms. The molecule has 0 atom stereocenters. The Hall–Kier alpha value is -3.29. The number of nitrogens with zero attached hydrogens (tertiary/aromatic N) is 4. The summed E-state index contributed by atoms with van der Waals surface area (Å²) >= 11 is 0. The fourth-order valence-electron chi connectivity index (χ4n) is 2.17. The quantitative estimate of drug-likeness (QED) is 0.613. The van der Waals surface area contributed by atoms with Crippen molar-refractivity contribution in [3.8, 4) is 11.5 Å². The lowest BCUT2D eigenvalue weighted by Crippen LogP contribution is -2.12. The zero-order valence-corrected chi connectivity index (χ0v) is 13.9. The third kappa shape index (κ3) is 4.37. The molecular weight excluding hydrogens is 321 g/mol. The highest BCUT2D eigenvalue weighted by atomic mass is 19.1. The molecule has 0 unspecified atom stereocenters. The highest BCUT2D eigenvalue weighted by molar-refractivity contribution is 5.63. The number of hydrogen-bond acceptors (Lipinski definition) is 7. The standard InChI is InChI=1S/C17H18FN7/c1-10(2)21-15-8-16(22-11-6-7-13(18)20-9-11)25-17(24-15)12-4-3-5-14(19)23-12/h3-10H,1-2H3,(H2,19,23)(H2,21,22,24,25). The number of nitrogen functional groups attached to an aromatic ring is 1. The van der Waals surface area contributed by atoms with E-state index in [1.54, 1.807) is 30.3 Å². The van der Waals surface area contributed by atoms with E-state index in [1.807, 2.05) is 13.8 Å². The molecule has 0 fully saturated rings. The van der Waals surface area contributed by atoms with Crippen molar-refractivity contribution in [1.29, 1.82) is 0 Å². The Morgan fingerprint density at radius 2 is 1.84 bits per heavy atom. The van der Waals surface area contributed by atoms with E-state index in [9.17, 15) is 4.39 Å². The summed E-state index contributed by atoms with van der Waals surface area (Å²) in [6, 6.07) is 10.1. The number of hydrogen-bond donors (Lipinski definition) is 3. The second-order valence-electron chi connectivity index (χ2n) is 5.70. The lowest BCUT2D eigenvalue weighted by Gasteiger charge is -2.13. The summed E-state index contributed by atoms with van der Waals surface area (Å²) in [7, 11) is 0. The molecule has 0 radical (unpaired) electrons. The van der Waals surface area contributed by atoms with E-state index in [1.165, 1.54) is 12.3 Å². The van der Waals surface area contributed by atoms with Crippen LogP contribution in [0.3, 0.4) is 0 Å². The number of anilines is 4. The van der Waals surface area contributed by atoms with Crippen LogP contribution in [-0.4, -0.2) is 26.0 Å². The van der Waals surface area contributed by atoms with Gasteiger partial charge >= 0.3 is 0 Å². The molecule has 0 saturated heterocycles. The van der Waals surface area contributed by atoms with Crippen molar-refractivity contribution in [2.75, 3.05) is 16.4 Å². The summed E-state index contributed by atoms with van der Waals surface area (Å²) < 4.78 is 13.0. The zero-order chi connectivity index (χ0) is 17.8. The first kappa shape index (κ1) is 16.6. The van der Waals surface area contributed by atoms with Gasteiger partial charge in [-0.2, -0.15) is 4.39 Å². The Bertz CT molecular complexity index is 865. The minimum atomic E-state index is -0.542. The predicted molar refractivity (Wildman–Crippen MR) is 95.9 cm³/mol. The Morgan fingerprint density at radius 1 is 1.04 bits per heavy atom. The van der Waals surface area contributed by atoms with Gasteiger partial charge in [-0.25, -0.2) is 19.9 Å². The maximum absolute atomic E-state index is 13.0. The second-order valence-corrected chi connectivity index (χ2v) is 5.70. The van der Waals surface area contributed by atoms with Crippen LogP contribution in [0, 0.1) is 5.95 Å². The number of aromatic nitrogens is 4. The molecule has 0 amide bonds. The molecule has 128 valence electrons. The minimum absolute atomic E-state index is 0.192. The first-order valence-corrected chi connectivity index (χ1v) is 7.77. The predicted octanol–water partition coefficient (Wildman–Crippen LogP) is 3.22. The molecule has 7 nitrogen and oxygen atoms in total. The van der Waals surface area contributed by atoms with Gasteiger partial charge in [-0.3, -0.25) is 0 Å². The van der Waals surface area contributed by atoms with Crippen LogP contribution < -0.4 is 16.4 Å². The summed E-state index contributed by atoms with van der Waals surface area (Å²) in [6.07, 6.45) is 1.39. The lowest BCUT2D eigenvalue weighted by atomic mass is 10.3. The van der Waals surface area contributed by atoms with Crippen LogP contribution in [0.25, 0.3) is 11.5 Å². The average molecular weight is 339 g/mol. The summed E-state index contributed by atoms with van der Waals surface area (Å²) in [5.74, 6) is 1.45. The van der Waals surface area contributed by atoms with Gasteiger partial charge in [0.25, 0.3) is 0 Å². The largest absolute Gasteiger partial charge is 0.384 e. The maximum atomic E-state index is 13.0. The van der Waals surface area contributed by atoms with Crippen molar-refractivity contribution in [2.24, 2.45) is 0 Å². The first-order chi connectivity index (χ1) is 12.0. The lowest BCUT2D eigenvalue weighted by molar-refractivity contribution is 0.584. The molecule has 8 heteroatoms. The van der Waals surface area contributed by atoms with Gasteiger partial charge in [0, 0.05) is 12.1 Å². The van der Waals surface area contributed by atoms with Crippen LogP contribution in [-0.2, 0) is 0 Å². The van der Waals surface area contributed by atoms with Crippen molar-refractivity contribution in [3.05, 3.63) is 48.5 Å². The van der Waals surface area contributed by atoms with Crippen molar-refractivity contribution in [2.45, 2.75) is 19.9 Å². The van der Waals surface area contributed by atoms with Crippen LogP contribution in [0.4, 0.5) is 27.5 Å². The smallest absolute Gasteiger partial charge is 0.212 e. The Balaban J connectivity index is 1.98. The Kier molecular flexibility index (Phi) is 4.69. The Morgan fingerprint density at radius 3 is 2.52 bits per heavy atom. The van der Waals surface area contributed by atoms with E-state index in [0.29, 0.717) is 34.7 Å². The van der Waals surface area contributed by atoms with E-state index >= 15 is 0 Å². The minimum Gasteiger partial charge on any atom is -0.384 e. The molecule has 25 heavy (non-hydrogen) atoms. The first-order valence-electron chi connectivity index (χ1n) is 7.77. The van der Waals surface area contributed by atoms with Crippen LogP contribution in [0.5, 0.6) is 0 Å². The highest BCUT2D eigenvalue weighted by Gasteiger charge is 2.10. The van der Waals surface area contributed by atoms with E-state index in [-0.39, 0.29) is 6.04 Å². The van der Waals surface area contributed by atoms with Crippen molar-refractivity contribution >= 4 is 23.1 Å². The summed E-state index contributed by atoms with van der Waals surface area (Å²) in [5.41, 5.74) is 6.92. The number of pyridine rings is 2. The van der Waals surface area contributed by atoms with E-state index in [2.05, 4.69) is 30.6 Å². The monoisotopic (exact) mass is 339 g/mol. The molecule has 0 aromatic carbocycles. The van der Waals surface area contributed by atoms with Gasteiger partial charge in [0.2, 0.25) is 5.95 Å². The average Bonchev–Trinajstić information content (AvgIpc) is 2.56. The van der Waals surface area contributed by atoms with Crippen molar-refractivity contribution < 1.29 is 4.39 Å². The Labute approximate surface area is 144 Å². The second kappa shape index (κ2) is 7.08. The molecule has 0 aliphatic rings. The van der Waals surface area contributed by atoms with E-state index in [4.69, 9.17) is 5.73 Å². The van der Waals surface area contributed by atoms with Gasteiger partial charge < -0.3 is 16.4 Å². The molecule has 0 aliphatic carbocycles. The molecule has 0 aliphatic heterocycles. The van der Waals surface area contributed by atoms with Crippen molar-refractivity contribution in [3.63, 3.8) is 0 Å². The maximum Gasteiger partial charge on any atom is 0.212 e. The number of rotatable bonds is 5. The molecule has 3 aromatic heterocycles. The van der Waals surface area contributed by atoms with Gasteiger partial charge in [-0.05, 0) is 38.1 Å². The van der Waals surface area contributed by atoms with Crippen LogP contribution >= 0.6 is 0 Å². The SMILES string of the molecule is CC(C)Nc1cc(Nc2ccc(F)nc2)nc(-c2cccc(N)n2)n1. The normalized spacial score (nSPS) is 10.7. The molecular formula is C17H18FN7. The number of halogens is 1. The van der Waals surface area contributed by atoms with Crippen LogP contribution in [0.2, 0.25) is 0 Å². The summed E-state index contributed by atoms with van der Waals surface area (Å²) in [5, 5.41) is 6.33. The third-order valence-electron chi connectivity index (χ3n) is 3.16. The number of nitrogens with one attached hydrogen (secondary N) is 2. The zero-order valence-electron chi connectivity index (χ0n) is 13.9. The van der Waals surface area contributed by atoms with E-state index in [0.717, 1.165) is 0 Å². The van der Waals surface area contributed by atoms with Gasteiger partial charge in [0.05, 0.1) is 11.9 Å².